The van der Waals surface area contributed by atoms with E-state index in [4.69, 9.17) is 0 Å². The average molecular weight is 373 g/mol. The second kappa shape index (κ2) is 8.79. The lowest BCUT2D eigenvalue weighted by Crippen LogP contribution is -2.34. The maximum Gasteiger partial charge on any atom is 0.251 e. The highest BCUT2D eigenvalue weighted by Crippen LogP contribution is 2.45. The van der Waals surface area contributed by atoms with Gasteiger partial charge < -0.3 is 10.2 Å². The smallest absolute Gasteiger partial charge is 0.251 e. The van der Waals surface area contributed by atoms with Crippen molar-refractivity contribution in [2.75, 3.05) is 32.1 Å². The van der Waals surface area contributed by atoms with Gasteiger partial charge in [-0.2, -0.15) is 0 Å². The lowest BCUT2D eigenvalue weighted by Gasteiger charge is -2.25. The van der Waals surface area contributed by atoms with Gasteiger partial charge in [-0.15, -0.1) is 23.5 Å². The van der Waals surface area contributed by atoms with E-state index in [1.807, 2.05) is 68.0 Å². The van der Waals surface area contributed by atoms with E-state index in [-0.39, 0.29) is 11.9 Å². The lowest BCUT2D eigenvalue weighted by atomic mass is 10.1. The number of nitrogens with one attached hydrogen (secondary N) is 1. The molecule has 1 N–H and O–H groups in total. The van der Waals surface area contributed by atoms with Crippen LogP contribution in [0, 0.1) is 0 Å². The molecule has 0 unspecified atom stereocenters. The van der Waals surface area contributed by atoms with Gasteiger partial charge in [-0.3, -0.25) is 4.79 Å². The van der Waals surface area contributed by atoms with E-state index in [9.17, 15) is 4.79 Å². The van der Waals surface area contributed by atoms with Crippen LogP contribution in [0.1, 0.15) is 32.1 Å². The molecular formula is C20H24N2OS2. The standard InChI is InChI=1S/C20H24N2OS2/c1-22(2)18(15-6-4-3-5-7-15)14-21-19(23)16-8-10-17(11-9-16)20-24-12-13-25-20/h3-11,18,20H,12-14H2,1-2H3,(H,21,23)/t18-/m0/s1. The van der Waals surface area contributed by atoms with Gasteiger partial charge in [-0.25, -0.2) is 0 Å². The number of nitrogens with zero attached hydrogens (tertiary/aromatic N) is 1. The third-order valence-electron chi connectivity index (χ3n) is 4.33. The first-order valence-electron chi connectivity index (χ1n) is 8.48. The summed E-state index contributed by atoms with van der Waals surface area (Å²) in [5.74, 6) is 2.41. The Morgan fingerprint density at radius 2 is 1.72 bits per heavy atom. The van der Waals surface area contributed by atoms with Crippen molar-refractivity contribution >= 4 is 29.4 Å². The summed E-state index contributed by atoms with van der Waals surface area (Å²) < 4.78 is 0.522. The summed E-state index contributed by atoms with van der Waals surface area (Å²) in [7, 11) is 4.07. The SMILES string of the molecule is CN(C)[C@@H](CNC(=O)c1ccc(C2SCCS2)cc1)c1ccccc1. The molecule has 1 heterocycles. The van der Waals surface area contributed by atoms with E-state index in [1.165, 1.54) is 22.6 Å². The lowest BCUT2D eigenvalue weighted by molar-refractivity contribution is 0.0942. The van der Waals surface area contributed by atoms with Crippen LogP contribution in [0.2, 0.25) is 0 Å². The highest BCUT2D eigenvalue weighted by Gasteiger charge is 2.19. The van der Waals surface area contributed by atoms with Gasteiger partial charge in [-0.1, -0.05) is 42.5 Å². The van der Waals surface area contributed by atoms with Crippen molar-refractivity contribution in [3.8, 4) is 0 Å². The largest absolute Gasteiger partial charge is 0.350 e. The molecular weight excluding hydrogens is 348 g/mol. The number of rotatable bonds is 6. The Hall–Kier alpha value is -1.43. The van der Waals surface area contributed by atoms with Crippen molar-refractivity contribution in [1.29, 1.82) is 0 Å². The molecule has 132 valence electrons. The highest BCUT2D eigenvalue weighted by molar-refractivity contribution is 8.19. The first kappa shape index (κ1) is 18.4. The summed E-state index contributed by atoms with van der Waals surface area (Å²) in [5, 5.41) is 3.08. The molecule has 0 saturated carbocycles. The zero-order chi connectivity index (χ0) is 17.6. The molecule has 3 rings (SSSR count). The molecule has 1 atom stereocenters. The maximum atomic E-state index is 12.5. The molecule has 0 bridgehead atoms. The van der Waals surface area contributed by atoms with Gasteiger partial charge in [0.25, 0.3) is 5.91 Å². The Bertz CT molecular complexity index is 683. The number of amides is 1. The number of hydrogen-bond donors (Lipinski definition) is 1. The van der Waals surface area contributed by atoms with Gasteiger partial charge in [0.1, 0.15) is 0 Å². The normalized spacial score (nSPS) is 16.1. The molecule has 25 heavy (non-hydrogen) atoms. The van der Waals surface area contributed by atoms with Crippen molar-refractivity contribution in [3.63, 3.8) is 0 Å². The molecule has 1 aliphatic rings. The molecule has 1 fully saturated rings. The van der Waals surface area contributed by atoms with Crippen molar-refractivity contribution < 1.29 is 4.79 Å². The number of likely N-dealkylation sites (N-methyl/N-ethyl adjacent to an activating group) is 1. The Morgan fingerprint density at radius 3 is 2.32 bits per heavy atom. The summed E-state index contributed by atoms with van der Waals surface area (Å²) in [6.07, 6.45) is 0. The summed E-state index contributed by atoms with van der Waals surface area (Å²) in [4.78, 5) is 14.6. The summed E-state index contributed by atoms with van der Waals surface area (Å²) in [6.45, 7) is 0.589. The fourth-order valence-electron chi connectivity index (χ4n) is 2.91. The summed E-state index contributed by atoms with van der Waals surface area (Å²) in [5.41, 5.74) is 3.24. The van der Waals surface area contributed by atoms with Crippen LogP contribution in [0.15, 0.2) is 54.6 Å². The number of carbonyl (C=O) groups excluding carboxylic acids is 1. The van der Waals surface area contributed by atoms with Crippen LogP contribution >= 0.6 is 23.5 Å². The number of benzene rings is 2. The van der Waals surface area contributed by atoms with Crippen LogP contribution in [0.4, 0.5) is 0 Å². The van der Waals surface area contributed by atoms with E-state index >= 15 is 0 Å². The predicted octanol–water partition coefficient (Wildman–Crippen LogP) is 4.20. The van der Waals surface area contributed by atoms with Crippen LogP contribution in [0.3, 0.4) is 0 Å². The quantitative estimate of drug-likeness (QED) is 0.824. The third-order valence-corrected chi connectivity index (χ3v) is 7.43. The van der Waals surface area contributed by atoms with Gasteiger partial charge in [0.05, 0.1) is 10.6 Å². The van der Waals surface area contributed by atoms with Gasteiger partial charge in [0, 0.05) is 23.6 Å². The molecule has 1 amide bonds. The van der Waals surface area contributed by atoms with Crippen molar-refractivity contribution in [2.45, 2.75) is 10.6 Å². The molecule has 5 heteroatoms. The summed E-state index contributed by atoms with van der Waals surface area (Å²) >= 11 is 3.96. The minimum Gasteiger partial charge on any atom is -0.350 e. The minimum atomic E-state index is -0.0129. The van der Waals surface area contributed by atoms with Gasteiger partial charge in [0.15, 0.2) is 0 Å². The fourth-order valence-corrected chi connectivity index (χ4v) is 5.77. The van der Waals surface area contributed by atoms with E-state index in [2.05, 4.69) is 34.5 Å². The van der Waals surface area contributed by atoms with Crippen LogP contribution in [-0.4, -0.2) is 43.0 Å². The predicted molar refractivity (Wildman–Crippen MR) is 109 cm³/mol. The van der Waals surface area contributed by atoms with E-state index in [0.717, 1.165) is 5.56 Å². The molecule has 0 aromatic heterocycles. The summed E-state index contributed by atoms with van der Waals surface area (Å²) in [6, 6.07) is 18.5. The Morgan fingerprint density at radius 1 is 1.08 bits per heavy atom. The van der Waals surface area contributed by atoms with E-state index < -0.39 is 0 Å². The van der Waals surface area contributed by atoms with E-state index in [0.29, 0.717) is 11.1 Å². The monoisotopic (exact) mass is 372 g/mol. The Kier molecular flexibility index (Phi) is 6.45. The second-order valence-electron chi connectivity index (χ2n) is 6.30. The molecule has 3 nitrogen and oxygen atoms in total. The topological polar surface area (TPSA) is 32.3 Å². The zero-order valence-corrected chi connectivity index (χ0v) is 16.3. The molecule has 0 radical (unpaired) electrons. The van der Waals surface area contributed by atoms with E-state index in [1.54, 1.807) is 0 Å². The highest BCUT2D eigenvalue weighted by atomic mass is 32.2. The fraction of sp³-hybridized carbons (Fsp3) is 0.350. The van der Waals surface area contributed by atoms with Gasteiger partial charge in [0.2, 0.25) is 0 Å². The molecule has 0 spiro atoms. The second-order valence-corrected chi connectivity index (χ2v) is 9.02. The van der Waals surface area contributed by atoms with Gasteiger partial charge >= 0.3 is 0 Å². The minimum absolute atomic E-state index is 0.0129. The molecule has 1 saturated heterocycles. The molecule has 0 aliphatic carbocycles. The van der Waals surface area contributed by atoms with Crippen molar-refractivity contribution in [2.24, 2.45) is 0 Å². The molecule has 1 aliphatic heterocycles. The number of carbonyl (C=O) groups is 1. The van der Waals surface area contributed by atoms with Crippen LogP contribution < -0.4 is 5.32 Å². The van der Waals surface area contributed by atoms with Crippen LogP contribution in [0.25, 0.3) is 0 Å². The van der Waals surface area contributed by atoms with Crippen LogP contribution in [-0.2, 0) is 0 Å². The van der Waals surface area contributed by atoms with Crippen LogP contribution in [0.5, 0.6) is 0 Å². The molecule has 2 aromatic rings. The first-order chi connectivity index (χ1) is 12.1. The van der Waals surface area contributed by atoms with Crippen molar-refractivity contribution in [3.05, 3.63) is 71.3 Å². The number of hydrogen-bond acceptors (Lipinski definition) is 4. The third kappa shape index (κ3) is 4.81. The average Bonchev–Trinajstić information content (AvgIpc) is 3.17. The number of thioether (sulfide) groups is 2. The maximum absolute atomic E-state index is 12.5. The molecule has 2 aromatic carbocycles. The first-order valence-corrected chi connectivity index (χ1v) is 10.6. The van der Waals surface area contributed by atoms with Gasteiger partial charge in [-0.05, 0) is 37.4 Å². The zero-order valence-electron chi connectivity index (χ0n) is 14.6. The van der Waals surface area contributed by atoms with Crippen molar-refractivity contribution in [1.82, 2.24) is 10.2 Å². The Balaban J connectivity index is 1.61. The Labute approximate surface area is 158 Å².